The predicted molar refractivity (Wildman–Crippen MR) is 218 cm³/mol. The average molecular weight is 729 g/mol. The first-order valence-electron chi connectivity index (χ1n) is 19.2. The lowest BCUT2D eigenvalue weighted by Gasteiger charge is -2.37. The van der Waals surface area contributed by atoms with Crippen LogP contribution in [-0.2, 0) is 21.2 Å². The van der Waals surface area contributed by atoms with Crippen LogP contribution in [0.3, 0.4) is 0 Å². The van der Waals surface area contributed by atoms with Gasteiger partial charge in [-0.2, -0.15) is 0 Å². The van der Waals surface area contributed by atoms with Gasteiger partial charge in [-0.25, -0.2) is 4.67 Å². The molecule has 5 nitrogen and oxygen atoms in total. The molecule has 7 rings (SSSR count). The minimum atomic E-state index is -2.01. The predicted octanol–water partition coefficient (Wildman–Crippen LogP) is 8.62. The van der Waals surface area contributed by atoms with Crippen LogP contribution in [0.4, 0.5) is 0 Å². The summed E-state index contributed by atoms with van der Waals surface area (Å²) < 4.78 is 16.0. The van der Waals surface area contributed by atoms with Crippen LogP contribution in [0.15, 0.2) is 146 Å². The Labute approximate surface area is 313 Å². The molecular formula is C45H53N2O3PSi. The van der Waals surface area contributed by atoms with Crippen molar-refractivity contribution in [2.45, 2.75) is 75.4 Å². The van der Waals surface area contributed by atoms with Crippen LogP contribution in [0.2, 0.25) is 12.6 Å². The van der Waals surface area contributed by atoms with Crippen molar-refractivity contribution in [3.8, 4) is 0 Å². The van der Waals surface area contributed by atoms with Gasteiger partial charge in [0.25, 0.3) is 8.53 Å². The van der Waals surface area contributed by atoms with Crippen LogP contribution in [0.1, 0.15) is 60.8 Å². The summed E-state index contributed by atoms with van der Waals surface area (Å²) in [6.07, 6.45) is 7.01. The van der Waals surface area contributed by atoms with Crippen LogP contribution < -0.4 is 15.7 Å². The van der Waals surface area contributed by atoms with E-state index in [0.29, 0.717) is 6.04 Å². The molecule has 2 aliphatic heterocycles. The molecular weight excluding hydrogens is 676 g/mol. The van der Waals surface area contributed by atoms with Crippen LogP contribution >= 0.6 is 8.53 Å². The maximum atomic E-state index is 9.73. The van der Waals surface area contributed by atoms with Gasteiger partial charge in [0.1, 0.15) is 8.07 Å². The van der Waals surface area contributed by atoms with Crippen molar-refractivity contribution in [2.75, 3.05) is 19.7 Å². The third-order valence-electron chi connectivity index (χ3n) is 11.2. The Bertz CT molecular complexity index is 1720. The Kier molecular flexibility index (Phi) is 12.5. The standard InChI is InChI=1S/C45H53N2O3PSi/c1-52(41-23-12-6-13-24-41,42-25-14-7-15-26-42)36-44-43-27-18-33-47(43)51(50-44)49-34-17-3-2-16-32-46-45(38-19-8-4-9-20-38,39-21-10-5-11-22-39)40-30-28-37(35-48)29-31-40/h4-15,19-26,28-31,43-44,46,48H,2-3,16-18,27,32-36H2,1H3/t43-,44+,51?/m0/s1. The van der Waals surface area contributed by atoms with E-state index in [1.54, 1.807) is 0 Å². The molecule has 2 heterocycles. The fraction of sp³-hybridized carbons (Fsp3) is 0.333. The van der Waals surface area contributed by atoms with Gasteiger partial charge in [-0.05, 0) is 60.5 Å². The third-order valence-corrected chi connectivity index (χ3v) is 17.4. The number of rotatable bonds is 17. The molecule has 2 saturated heterocycles. The highest BCUT2D eigenvalue weighted by Gasteiger charge is 2.49. The molecule has 7 heteroatoms. The quantitative estimate of drug-likeness (QED) is 0.0435. The number of aliphatic hydroxyl groups excluding tert-OH is 1. The van der Waals surface area contributed by atoms with Crippen molar-refractivity contribution < 1.29 is 14.2 Å². The number of fused-ring (bicyclic) bond motifs is 1. The molecule has 2 N–H and O–H groups in total. The highest BCUT2D eigenvalue weighted by atomic mass is 31.2. The Morgan fingerprint density at radius 1 is 0.731 bits per heavy atom. The van der Waals surface area contributed by atoms with E-state index in [1.807, 2.05) is 12.1 Å². The van der Waals surface area contributed by atoms with E-state index in [2.05, 4.69) is 150 Å². The highest BCUT2D eigenvalue weighted by Crippen LogP contribution is 2.57. The maximum absolute atomic E-state index is 9.73. The molecule has 0 radical (unpaired) electrons. The molecule has 0 aliphatic carbocycles. The van der Waals surface area contributed by atoms with Crippen molar-refractivity contribution in [1.29, 1.82) is 0 Å². The van der Waals surface area contributed by atoms with E-state index in [9.17, 15) is 5.11 Å². The molecule has 52 heavy (non-hydrogen) atoms. The van der Waals surface area contributed by atoms with Gasteiger partial charge in [0, 0.05) is 12.6 Å². The zero-order valence-electron chi connectivity index (χ0n) is 30.4. The molecule has 0 spiro atoms. The first kappa shape index (κ1) is 36.9. The lowest BCUT2D eigenvalue weighted by molar-refractivity contribution is 0.203. The summed E-state index contributed by atoms with van der Waals surface area (Å²) in [6, 6.07) is 53.7. The van der Waals surface area contributed by atoms with Crippen molar-refractivity contribution in [1.82, 2.24) is 9.99 Å². The van der Waals surface area contributed by atoms with Crippen LogP contribution in [0.5, 0.6) is 0 Å². The van der Waals surface area contributed by atoms with Gasteiger partial charge in [0.2, 0.25) is 0 Å². The first-order valence-corrected chi connectivity index (χ1v) is 23.0. The smallest absolute Gasteiger partial charge is 0.259 e. The molecule has 270 valence electrons. The summed E-state index contributed by atoms with van der Waals surface area (Å²) in [5, 5.41) is 16.7. The lowest BCUT2D eigenvalue weighted by Crippen LogP contribution is -2.58. The molecule has 1 unspecified atom stereocenters. The van der Waals surface area contributed by atoms with Crippen molar-refractivity contribution in [3.63, 3.8) is 0 Å². The minimum absolute atomic E-state index is 0.0395. The molecule has 5 aromatic carbocycles. The number of unbranched alkanes of at least 4 members (excludes halogenated alkanes) is 3. The molecule has 3 atom stereocenters. The third kappa shape index (κ3) is 8.05. The second-order valence-electron chi connectivity index (χ2n) is 14.5. The summed E-state index contributed by atoms with van der Waals surface area (Å²) in [4.78, 5) is 0. The Morgan fingerprint density at radius 2 is 1.27 bits per heavy atom. The Morgan fingerprint density at radius 3 is 1.85 bits per heavy atom. The van der Waals surface area contributed by atoms with Crippen LogP contribution in [-0.4, -0.2) is 49.7 Å². The normalized spacial score (nSPS) is 19.2. The second-order valence-corrected chi connectivity index (χ2v) is 20.2. The summed E-state index contributed by atoms with van der Waals surface area (Å²) in [7, 11) is -3.02. The minimum Gasteiger partial charge on any atom is -0.392 e. The van der Waals surface area contributed by atoms with Gasteiger partial charge in [-0.15, -0.1) is 0 Å². The van der Waals surface area contributed by atoms with E-state index in [4.69, 9.17) is 9.05 Å². The number of nitrogens with one attached hydrogen (secondary N) is 1. The van der Waals surface area contributed by atoms with Crippen LogP contribution in [0.25, 0.3) is 0 Å². The van der Waals surface area contributed by atoms with Gasteiger partial charge in [0.15, 0.2) is 0 Å². The fourth-order valence-corrected chi connectivity index (χ4v) is 14.2. The monoisotopic (exact) mass is 728 g/mol. The molecule has 5 aromatic rings. The van der Waals surface area contributed by atoms with Crippen molar-refractivity contribution >= 4 is 27.0 Å². The highest BCUT2D eigenvalue weighted by molar-refractivity contribution is 7.45. The van der Waals surface area contributed by atoms with Gasteiger partial charge in [0.05, 0.1) is 24.9 Å². The number of hydrogen-bond acceptors (Lipinski definition) is 5. The summed E-state index contributed by atoms with van der Waals surface area (Å²) >= 11 is 0. The lowest BCUT2D eigenvalue weighted by atomic mass is 9.76. The van der Waals surface area contributed by atoms with E-state index in [-0.39, 0.29) is 12.7 Å². The van der Waals surface area contributed by atoms with E-state index >= 15 is 0 Å². The maximum Gasteiger partial charge on any atom is 0.259 e. The Balaban J connectivity index is 0.944. The average Bonchev–Trinajstić information content (AvgIpc) is 3.83. The zero-order chi connectivity index (χ0) is 35.6. The second kappa shape index (κ2) is 17.6. The molecule has 2 aliphatic rings. The van der Waals surface area contributed by atoms with E-state index < -0.39 is 22.1 Å². The van der Waals surface area contributed by atoms with Gasteiger partial charge >= 0.3 is 0 Å². The SMILES string of the molecule is C[Si](C[C@H]1OP(OCCCCCCNC(c2ccccc2)(c2ccccc2)c2ccc(CO)cc2)N2CCC[C@@H]12)(c1ccccc1)c1ccccc1. The summed E-state index contributed by atoms with van der Waals surface area (Å²) in [5.74, 6) is 0. The summed E-state index contributed by atoms with van der Waals surface area (Å²) in [6.45, 7) is 5.27. The topological polar surface area (TPSA) is 54.0 Å². The van der Waals surface area contributed by atoms with E-state index in [1.165, 1.54) is 39.9 Å². The molecule has 0 bridgehead atoms. The van der Waals surface area contributed by atoms with Gasteiger partial charge in [-0.3, -0.25) is 5.32 Å². The van der Waals surface area contributed by atoms with Crippen LogP contribution in [0, 0.1) is 0 Å². The summed E-state index contributed by atoms with van der Waals surface area (Å²) in [5.41, 5.74) is 4.01. The van der Waals surface area contributed by atoms with Crippen molar-refractivity contribution in [3.05, 3.63) is 168 Å². The number of nitrogens with zero attached hydrogens (tertiary/aromatic N) is 1. The molecule has 0 amide bonds. The number of hydrogen-bond donors (Lipinski definition) is 2. The van der Waals surface area contributed by atoms with Gasteiger partial charge in [-0.1, -0.05) is 175 Å². The molecule has 2 fully saturated rings. The number of benzene rings is 5. The van der Waals surface area contributed by atoms with Crippen molar-refractivity contribution in [2.24, 2.45) is 0 Å². The Hall–Kier alpha value is -3.45. The fourth-order valence-electron chi connectivity index (χ4n) is 8.34. The number of aliphatic hydroxyl groups is 1. The zero-order valence-corrected chi connectivity index (χ0v) is 32.3. The largest absolute Gasteiger partial charge is 0.392 e. The first-order chi connectivity index (χ1) is 25.6. The van der Waals surface area contributed by atoms with E-state index in [0.717, 1.165) is 57.0 Å². The van der Waals surface area contributed by atoms with Gasteiger partial charge < -0.3 is 14.2 Å². The molecule has 0 aromatic heterocycles. The molecule has 0 saturated carbocycles.